The van der Waals surface area contributed by atoms with Gasteiger partial charge in [0.15, 0.2) is 5.50 Å². The number of rotatable bonds is 7. The summed E-state index contributed by atoms with van der Waals surface area (Å²) in [6, 6.07) is 18.4. The van der Waals surface area contributed by atoms with E-state index in [0.717, 1.165) is 15.7 Å². The molecule has 1 amide bonds. The summed E-state index contributed by atoms with van der Waals surface area (Å²) in [5, 5.41) is 4.92. The number of thioether (sulfide) groups is 1. The Kier molecular flexibility index (Phi) is 6.80. The minimum atomic E-state index is -3.84. The Balaban J connectivity index is 1.46. The molecule has 1 aliphatic heterocycles. The molecule has 4 rings (SSSR count). The maximum Gasteiger partial charge on any atom is 0.264 e. The summed E-state index contributed by atoms with van der Waals surface area (Å²) in [6.45, 7) is 0. The van der Waals surface area contributed by atoms with Gasteiger partial charge in [-0.2, -0.15) is 0 Å². The van der Waals surface area contributed by atoms with Crippen LogP contribution in [0.4, 0.5) is 5.69 Å². The monoisotopic (exact) mass is 496 g/mol. The highest BCUT2D eigenvalue weighted by molar-refractivity contribution is 8.03. The van der Waals surface area contributed by atoms with E-state index in [2.05, 4.69) is 10.3 Å². The number of methoxy groups -OCH3 is 1. The van der Waals surface area contributed by atoms with Crippen LogP contribution in [0.2, 0.25) is 0 Å². The zero-order chi connectivity index (χ0) is 24.3. The van der Waals surface area contributed by atoms with Gasteiger partial charge in [0.2, 0.25) is 0 Å². The van der Waals surface area contributed by atoms with E-state index >= 15 is 0 Å². The highest BCUT2D eigenvalue weighted by Crippen LogP contribution is 2.33. The number of nitrogens with one attached hydrogen (secondary N) is 1. The Morgan fingerprint density at radius 2 is 1.79 bits per heavy atom. The third kappa shape index (κ3) is 4.59. The summed E-state index contributed by atoms with van der Waals surface area (Å²) in [7, 11) is 0.995. The molecule has 8 nitrogen and oxygen atoms in total. The van der Waals surface area contributed by atoms with Crippen molar-refractivity contribution in [2.24, 2.45) is 0 Å². The van der Waals surface area contributed by atoms with Gasteiger partial charge in [-0.25, -0.2) is 8.42 Å². The van der Waals surface area contributed by atoms with Gasteiger partial charge in [-0.3, -0.25) is 14.1 Å². The molecule has 0 aliphatic carbocycles. The fraction of sp³-hybridized carbons (Fsp3) is 0.167. The van der Waals surface area contributed by atoms with Crippen molar-refractivity contribution in [2.75, 3.05) is 25.5 Å². The summed E-state index contributed by atoms with van der Waals surface area (Å²) in [5.41, 5.74) is 2.22. The third-order valence-electron chi connectivity index (χ3n) is 5.42. The van der Waals surface area contributed by atoms with E-state index in [4.69, 9.17) is 4.74 Å². The first-order chi connectivity index (χ1) is 16.3. The van der Waals surface area contributed by atoms with E-state index in [0.29, 0.717) is 17.0 Å². The standard InChI is InChI=1S/C24H24N4O4S2/c1-27-21(19-8-6-7-15-25-19)16-33-24(27)26-23(29)17-11-13-18(14-12-17)34(30,31)28(2)20-9-4-5-10-22(20)32-3/h4-16,24H,1-3H3,(H,26,29). The van der Waals surface area contributed by atoms with E-state index in [1.54, 1.807) is 30.5 Å². The predicted octanol–water partition coefficient (Wildman–Crippen LogP) is 3.61. The first-order valence-electron chi connectivity index (χ1n) is 10.4. The predicted molar refractivity (Wildman–Crippen MR) is 134 cm³/mol. The van der Waals surface area contributed by atoms with Gasteiger partial charge in [0.1, 0.15) is 5.75 Å². The lowest BCUT2D eigenvalue weighted by molar-refractivity contribution is 0.0933. The Morgan fingerprint density at radius 3 is 2.47 bits per heavy atom. The van der Waals surface area contributed by atoms with Crippen molar-refractivity contribution >= 4 is 39.1 Å². The molecule has 1 atom stereocenters. The Morgan fingerprint density at radius 1 is 1.09 bits per heavy atom. The van der Waals surface area contributed by atoms with Crippen LogP contribution in [-0.2, 0) is 10.0 Å². The van der Waals surface area contributed by atoms with Crippen LogP contribution in [0.1, 0.15) is 16.1 Å². The van der Waals surface area contributed by atoms with Gasteiger partial charge in [0, 0.05) is 31.3 Å². The number of aromatic nitrogens is 1. The van der Waals surface area contributed by atoms with Gasteiger partial charge in [-0.15, -0.1) is 0 Å². The molecular weight excluding hydrogens is 472 g/mol. The molecule has 0 spiro atoms. The van der Waals surface area contributed by atoms with Crippen molar-refractivity contribution in [1.82, 2.24) is 15.2 Å². The lowest BCUT2D eigenvalue weighted by Crippen LogP contribution is -2.40. The van der Waals surface area contributed by atoms with E-state index in [-0.39, 0.29) is 16.3 Å². The summed E-state index contributed by atoms with van der Waals surface area (Å²) in [5.74, 6) is 0.142. The Bertz CT molecular complexity index is 1310. The summed E-state index contributed by atoms with van der Waals surface area (Å²) < 4.78 is 32.7. The van der Waals surface area contributed by atoms with Gasteiger partial charge in [-0.1, -0.05) is 30.0 Å². The van der Waals surface area contributed by atoms with Crippen LogP contribution in [0.25, 0.3) is 5.70 Å². The number of hydrogen-bond donors (Lipinski definition) is 1. The number of pyridine rings is 1. The lowest BCUT2D eigenvalue weighted by atomic mass is 10.2. The number of para-hydroxylation sites is 2. The van der Waals surface area contributed by atoms with Gasteiger partial charge >= 0.3 is 0 Å². The van der Waals surface area contributed by atoms with Gasteiger partial charge in [0.25, 0.3) is 15.9 Å². The van der Waals surface area contributed by atoms with Crippen molar-refractivity contribution in [2.45, 2.75) is 10.4 Å². The van der Waals surface area contributed by atoms with E-state index < -0.39 is 10.0 Å². The fourth-order valence-corrected chi connectivity index (χ4v) is 5.69. The van der Waals surface area contributed by atoms with Crippen LogP contribution in [0, 0.1) is 0 Å². The Hall–Kier alpha value is -3.50. The largest absolute Gasteiger partial charge is 0.495 e. The molecule has 176 valence electrons. The molecule has 0 fully saturated rings. The SMILES string of the molecule is COc1ccccc1N(C)S(=O)(=O)c1ccc(C(=O)NC2SC=C(c3ccccn3)N2C)cc1. The number of anilines is 1. The molecule has 0 saturated carbocycles. The first-order valence-corrected chi connectivity index (χ1v) is 12.7. The number of carbonyl (C=O) groups excluding carboxylic acids is 1. The second-order valence-electron chi connectivity index (χ2n) is 7.46. The number of nitrogens with zero attached hydrogens (tertiary/aromatic N) is 3. The van der Waals surface area contributed by atoms with Crippen LogP contribution in [0.15, 0.2) is 83.2 Å². The summed E-state index contributed by atoms with van der Waals surface area (Å²) in [6.07, 6.45) is 1.72. The van der Waals surface area contributed by atoms with Crippen LogP contribution < -0.4 is 14.4 Å². The molecule has 1 aliphatic rings. The average Bonchev–Trinajstić information content (AvgIpc) is 3.23. The normalized spacial score (nSPS) is 15.6. The molecule has 10 heteroatoms. The molecule has 1 unspecified atom stereocenters. The van der Waals surface area contributed by atoms with E-state index in [1.165, 1.54) is 50.2 Å². The molecule has 0 saturated heterocycles. The molecule has 2 heterocycles. The maximum atomic E-state index is 13.1. The second-order valence-corrected chi connectivity index (χ2v) is 10.4. The van der Waals surface area contributed by atoms with Gasteiger partial charge in [-0.05, 0) is 48.5 Å². The molecule has 1 N–H and O–H groups in total. The van der Waals surface area contributed by atoms with E-state index in [9.17, 15) is 13.2 Å². The number of hydrogen-bond acceptors (Lipinski definition) is 7. The topological polar surface area (TPSA) is 91.8 Å². The van der Waals surface area contributed by atoms with Crippen molar-refractivity contribution in [3.8, 4) is 5.75 Å². The van der Waals surface area contributed by atoms with Crippen molar-refractivity contribution < 1.29 is 17.9 Å². The first kappa shape index (κ1) is 23.7. The minimum Gasteiger partial charge on any atom is -0.495 e. The van der Waals surface area contributed by atoms with Crippen LogP contribution >= 0.6 is 11.8 Å². The smallest absolute Gasteiger partial charge is 0.264 e. The number of benzene rings is 2. The fourth-order valence-electron chi connectivity index (χ4n) is 3.47. The minimum absolute atomic E-state index is 0.0731. The number of amides is 1. The lowest BCUT2D eigenvalue weighted by Gasteiger charge is -2.25. The van der Waals surface area contributed by atoms with Crippen LogP contribution in [0.3, 0.4) is 0 Å². The zero-order valence-corrected chi connectivity index (χ0v) is 20.5. The average molecular weight is 497 g/mol. The number of ether oxygens (including phenoxy) is 1. The Labute approximate surface area is 203 Å². The van der Waals surface area contributed by atoms with Gasteiger partial charge < -0.3 is 15.0 Å². The number of carbonyl (C=O) groups is 1. The molecule has 1 aromatic heterocycles. The van der Waals surface area contributed by atoms with Gasteiger partial charge in [0.05, 0.1) is 29.1 Å². The molecular formula is C24H24N4O4S2. The summed E-state index contributed by atoms with van der Waals surface area (Å²) in [4.78, 5) is 19.2. The molecule has 0 bridgehead atoms. The quantitative estimate of drug-likeness (QED) is 0.534. The van der Waals surface area contributed by atoms with Crippen molar-refractivity contribution in [3.05, 3.63) is 89.6 Å². The maximum absolute atomic E-state index is 13.1. The zero-order valence-electron chi connectivity index (χ0n) is 18.9. The molecule has 3 aromatic rings. The van der Waals surface area contributed by atoms with Crippen LogP contribution in [-0.4, -0.2) is 50.9 Å². The second kappa shape index (κ2) is 9.78. The van der Waals surface area contributed by atoms with Crippen molar-refractivity contribution in [3.63, 3.8) is 0 Å². The molecule has 34 heavy (non-hydrogen) atoms. The highest BCUT2D eigenvalue weighted by Gasteiger charge is 2.28. The molecule has 2 aromatic carbocycles. The highest BCUT2D eigenvalue weighted by atomic mass is 32.2. The van der Waals surface area contributed by atoms with E-state index in [1.807, 2.05) is 35.6 Å². The van der Waals surface area contributed by atoms with Crippen LogP contribution in [0.5, 0.6) is 5.75 Å². The third-order valence-corrected chi connectivity index (χ3v) is 8.26. The number of sulfonamides is 1. The summed E-state index contributed by atoms with van der Waals surface area (Å²) >= 11 is 1.47. The van der Waals surface area contributed by atoms with Crippen molar-refractivity contribution in [1.29, 1.82) is 0 Å². The molecule has 0 radical (unpaired) electrons.